The van der Waals surface area contributed by atoms with Crippen LogP contribution < -0.4 is 0 Å². The molecule has 0 N–H and O–H groups in total. The summed E-state index contributed by atoms with van der Waals surface area (Å²) in [7, 11) is 0. The van der Waals surface area contributed by atoms with E-state index in [0.29, 0.717) is 0 Å². The van der Waals surface area contributed by atoms with Crippen molar-refractivity contribution in [1.82, 2.24) is 0 Å². The quantitative estimate of drug-likeness (QED) is 0.689. The number of benzene rings is 1. The average molecular weight is 178 g/mol. The fourth-order valence-corrected chi connectivity index (χ4v) is 0.793. The molecule has 0 aliphatic rings. The van der Waals surface area contributed by atoms with Crippen molar-refractivity contribution >= 4 is 6.08 Å². The molecule has 72 valence electrons. The van der Waals surface area contributed by atoms with Crippen LogP contribution in [0.3, 0.4) is 0 Å². The zero-order valence-electron chi connectivity index (χ0n) is 8.49. The van der Waals surface area contributed by atoms with Crippen molar-refractivity contribution in [2.24, 2.45) is 0 Å². The van der Waals surface area contributed by atoms with E-state index in [9.17, 15) is 0 Å². The second-order valence-corrected chi connectivity index (χ2v) is 2.40. The van der Waals surface area contributed by atoms with Crippen molar-refractivity contribution in [1.29, 1.82) is 0 Å². The predicted octanol–water partition coefficient (Wildman–Crippen LogP) is 3.37. The number of hydrogen-bond donors (Lipinski definition) is 0. The van der Waals surface area contributed by atoms with Crippen LogP contribution in [0.2, 0.25) is 0 Å². The standard InChI is InChI=1S/C8H8.C4H10O/c1-2-8-6-4-3-5-7-8;1-3-5-4-2/h2-7H,1H2;3-4H2,1-2H3. The highest BCUT2D eigenvalue weighted by Gasteiger charge is 1.75. The van der Waals surface area contributed by atoms with Gasteiger partial charge in [0.25, 0.3) is 0 Å². The maximum atomic E-state index is 4.83. The summed E-state index contributed by atoms with van der Waals surface area (Å²) >= 11 is 0. The van der Waals surface area contributed by atoms with Crippen LogP contribution in [0.4, 0.5) is 0 Å². The molecule has 1 heteroatoms. The van der Waals surface area contributed by atoms with Crippen LogP contribution in [0.25, 0.3) is 6.08 Å². The summed E-state index contributed by atoms with van der Waals surface area (Å²) in [6.45, 7) is 9.30. The van der Waals surface area contributed by atoms with E-state index < -0.39 is 0 Å². The minimum atomic E-state index is 0.844. The number of hydrogen-bond acceptors (Lipinski definition) is 1. The van der Waals surface area contributed by atoms with Gasteiger partial charge in [-0.15, -0.1) is 0 Å². The third-order valence-electron chi connectivity index (χ3n) is 1.44. The van der Waals surface area contributed by atoms with Crippen molar-refractivity contribution in [3.05, 3.63) is 42.5 Å². The van der Waals surface area contributed by atoms with Crippen LogP contribution >= 0.6 is 0 Å². The van der Waals surface area contributed by atoms with Gasteiger partial charge in [-0.1, -0.05) is 43.0 Å². The van der Waals surface area contributed by atoms with Gasteiger partial charge in [0.2, 0.25) is 0 Å². The first-order chi connectivity index (χ1) is 6.35. The Kier molecular flexibility index (Phi) is 8.26. The van der Waals surface area contributed by atoms with Crippen molar-refractivity contribution < 1.29 is 4.74 Å². The molecule has 0 radical (unpaired) electrons. The highest BCUT2D eigenvalue weighted by molar-refractivity contribution is 5.45. The molecule has 13 heavy (non-hydrogen) atoms. The van der Waals surface area contributed by atoms with Crippen molar-refractivity contribution in [3.8, 4) is 0 Å². The molecule has 0 atom stereocenters. The summed E-state index contributed by atoms with van der Waals surface area (Å²) in [6.07, 6.45) is 1.83. The lowest BCUT2D eigenvalue weighted by Crippen LogP contribution is -1.84. The largest absolute Gasteiger partial charge is 0.382 e. The molecule has 0 saturated heterocycles. The first-order valence-electron chi connectivity index (χ1n) is 4.60. The van der Waals surface area contributed by atoms with Crippen LogP contribution in [0.15, 0.2) is 36.9 Å². The molecule has 0 fully saturated rings. The van der Waals surface area contributed by atoms with Gasteiger partial charge in [-0.2, -0.15) is 0 Å². The van der Waals surface area contributed by atoms with Gasteiger partial charge in [0.05, 0.1) is 0 Å². The lowest BCUT2D eigenvalue weighted by atomic mass is 10.2. The molecule has 1 aromatic carbocycles. The van der Waals surface area contributed by atoms with E-state index in [1.165, 1.54) is 5.56 Å². The molecule has 1 rings (SSSR count). The van der Waals surface area contributed by atoms with Crippen LogP contribution in [-0.4, -0.2) is 13.2 Å². The zero-order chi connectivity index (χ0) is 9.94. The van der Waals surface area contributed by atoms with Crippen molar-refractivity contribution in [2.45, 2.75) is 13.8 Å². The Morgan fingerprint density at radius 2 is 1.69 bits per heavy atom. The number of ether oxygens (including phenoxy) is 1. The fourth-order valence-electron chi connectivity index (χ4n) is 0.793. The molecule has 0 aliphatic carbocycles. The fraction of sp³-hybridized carbons (Fsp3) is 0.333. The van der Waals surface area contributed by atoms with E-state index in [4.69, 9.17) is 4.74 Å². The Bertz CT molecular complexity index is 202. The lowest BCUT2D eigenvalue weighted by molar-refractivity contribution is 0.162. The van der Waals surface area contributed by atoms with E-state index >= 15 is 0 Å². The minimum Gasteiger partial charge on any atom is -0.382 e. The SMILES string of the molecule is C=Cc1ccccc1.CCOCC. The van der Waals surface area contributed by atoms with Crippen molar-refractivity contribution in [2.75, 3.05) is 13.2 Å². The molecular weight excluding hydrogens is 160 g/mol. The van der Waals surface area contributed by atoms with Crippen LogP contribution in [0, 0.1) is 0 Å². The third kappa shape index (κ3) is 7.29. The predicted molar refractivity (Wildman–Crippen MR) is 58.7 cm³/mol. The first-order valence-corrected chi connectivity index (χ1v) is 4.60. The summed E-state index contributed by atoms with van der Waals surface area (Å²) < 4.78 is 4.83. The Morgan fingerprint density at radius 3 is 1.92 bits per heavy atom. The molecule has 0 aromatic heterocycles. The maximum Gasteiger partial charge on any atom is 0.0437 e. The highest BCUT2D eigenvalue weighted by atomic mass is 16.5. The van der Waals surface area contributed by atoms with Gasteiger partial charge < -0.3 is 4.74 Å². The molecule has 1 aromatic rings. The van der Waals surface area contributed by atoms with Gasteiger partial charge in [0.1, 0.15) is 0 Å². The second-order valence-electron chi connectivity index (χ2n) is 2.40. The average Bonchev–Trinajstić information content (AvgIpc) is 2.21. The van der Waals surface area contributed by atoms with Crippen LogP contribution in [0.5, 0.6) is 0 Å². The van der Waals surface area contributed by atoms with Gasteiger partial charge in [-0.25, -0.2) is 0 Å². The Labute approximate surface area is 81.1 Å². The molecule has 0 saturated carbocycles. The van der Waals surface area contributed by atoms with Gasteiger partial charge in [0, 0.05) is 13.2 Å². The van der Waals surface area contributed by atoms with Gasteiger partial charge >= 0.3 is 0 Å². The lowest BCUT2D eigenvalue weighted by Gasteiger charge is -1.86. The minimum absolute atomic E-state index is 0.844. The molecule has 0 spiro atoms. The van der Waals surface area contributed by atoms with Gasteiger partial charge in [-0.05, 0) is 19.4 Å². The molecule has 0 bridgehead atoms. The zero-order valence-corrected chi connectivity index (χ0v) is 8.49. The molecular formula is C12H18O. The molecule has 1 nitrogen and oxygen atoms in total. The molecule has 0 heterocycles. The van der Waals surface area contributed by atoms with E-state index in [2.05, 4.69) is 6.58 Å². The second kappa shape index (κ2) is 9.01. The van der Waals surface area contributed by atoms with Gasteiger partial charge in [-0.3, -0.25) is 0 Å². The summed E-state index contributed by atoms with van der Waals surface area (Å²) in [5.41, 5.74) is 1.17. The highest BCUT2D eigenvalue weighted by Crippen LogP contribution is 1.97. The smallest absolute Gasteiger partial charge is 0.0437 e. The first kappa shape index (κ1) is 11.9. The number of rotatable bonds is 3. The van der Waals surface area contributed by atoms with Crippen molar-refractivity contribution in [3.63, 3.8) is 0 Å². The van der Waals surface area contributed by atoms with Crippen LogP contribution in [0.1, 0.15) is 19.4 Å². The monoisotopic (exact) mass is 178 g/mol. The topological polar surface area (TPSA) is 9.23 Å². The Balaban J connectivity index is 0.000000252. The normalized spacial score (nSPS) is 8.46. The molecule has 0 amide bonds. The van der Waals surface area contributed by atoms with E-state index in [1.807, 2.05) is 50.3 Å². The summed E-state index contributed by atoms with van der Waals surface area (Å²) in [5.74, 6) is 0. The Morgan fingerprint density at radius 1 is 1.15 bits per heavy atom. The molecule has 0 unspecified atom stereocenters. The Hall–Kier alpha value is -1.08. The van der Waals surface area contributed by atoms with E-state index in [1.54, 1.807) is 0 Å². The van der Waals surface area contributed by atoms with E-state index in [-0.39, 0.29) is 0 Å². The summed E-state index contributed by atoms with van der Waals surface area (Å²) in [4.78, 5) is 0. The van der Waals surface area contributed by atoms with E-state index in [0.717, 1.165) is 13.2 Å². The molecule has 0 aliphatic heterocycles. The van der Waals surface area contributed by atoms with Crippen LogP contribution in [-0.2, 0) is 4.74 Å². The summed E-state index contributed by atoms with van der Waals surface area (Å²) in [5, 5.41) is 0. The van der Waals surface area contributed by atoms with Gasteiger partial charge in [0.15, 0.2) is 0 Å². The maximum absolute atomic E-state index is 4.83. The third-order valence-corrected chi connectivity index (χ3v) is 1.44. The summed E-state index contributed by atoms with van der Waals surface area (Å²) in [6, 6.07) is 10.0.